The molecule has 126 valence electrons. The Morgan fingerprint density at radius 1 is 1.26 bits per heavy atom. The second kappa shape index (κ2) is 5.03. The first-order valence-electron chi connectivity index (χ1n) is 9.05. The van der Waals surface area contributed by atoms with Crippen LogP contribution in [0.1, 0.15) is 46.0 Å². The summed E-state index contributed by atoms with van der Waals surface area (Å²) >= 11 is 0. The first-order valence-corrected chi connectivity index (χ1v) is 9.05. The average Bonchev–Trinajstić information content (AvgIpc) is 2.83. The Morgan fingerprint density at radius 2 is 2.04 bits per heavy atom. The monoisotopic (exact) mass is 316 g/mol. The van der Waals surface area contributed by atoms with Gasteiger partial charge in [-0.25, -0.2) is 0 Å². The highest BCUT2D eigenvalue weighted by atomic mass is 16.5. The summed E-state index contributed by atoms with van der Waals surface area (Å²) in [7, 11) is 1.81. The standard InChI is InChI=1S/C20H28O3/c1-19-9-8-13(21)10-12(19)4-5-14-15-6-7-17(23-3)20(15,2)11-16(22)18(14)19/h8-10,14-18,22H,4-7,11H2,1-3H3. The smallest absolute Gasteiger partial charge is 0.178 e. The number of methoxy groups -OCH3 is 1. The molecule has 1 N–H and O–H groups in total. The van der Waals surface area contributed by atoms with Crippen LogP contribution in [0.4, 0.5) is 0 Å². The van der Waals surface area contributed by atoms with Gasteiger partial charge in [-0.2, -0.15) is 0 Å². The molecule has 4 rings (SSSR count). The molecule has 23 heavy (non-hydrogen) atoms. The molecule has 0 aromatic carbocycles. The van der Waals surface area contributed by atoms with Crippen molar-refractivity contribution in [1.82, 2.24) is 0 Å². The predicted octanol–water partition coefficient (Wildman–Crippen LogP) is 3.28. The van der Waals surface area contributed by atoms with Crippen LogP contribution in [0.25, 0.3) is 0 Å². The van der Waals surface area contributed by atoms with E-state index in [9.17, 15) is 9.90 Å². The quantitative estimate of drug-likeness (QED) is 0.807. The summed E-state index contributed by atoms with van der Waals surface area (Å²) < 4.78 is 5.78. The molecule has 0 aliphatic heterocycles. The van der Waals surface area contributed by atoms with Gasteiger partial charge >= 0.3 is 0 Å². The lowest BCUT2D eigenvalue weighted by molar-refractivity contribution is -0.135. The van der Waals surface area contributed by atoms with E-state index in [1.165, 1.54) is 12.0 Å². The van der Waals surface area contributed by atoms with Crippen LogP contribution in [0, 0.1) is 28.6 Å². The molecule has 3 nitrogen and oxygen atoms in total. The molecule has 7 atom stereocenters. The van der Waals surface area contributed by atoms with E-state index in [1.807, 2.05) is 13.2 Å². The highest BCUT2D eigenvalue weighted by Gasteiger charge is 2.61. The number of hydrogen-bond acceptors (Lipinski definition) is 3. The van der Waals surface area contributed by atoms with Crippen molar-refractivity contribution in [3.63, 3.8) is 0 Å². The van der Waals surface area contributed by atoms with Crippen molar-refractivity contribution in [2.24, 2.45) is 28.6 Å². The molecular weight excluding hydrogens is 288 g/mol. The van der Waals surface area contributed by atoms with Crippen LogP contribution >= 0.6 is 0 Å². The van der Waals surface area contributed by atoms with Crippen LogP contribution in [0.5, 0.6) is 0 Å². The molecule has 3 heteroatoms. The van der Waals surface area contributed by atoms with Gasteiger partial charge in [0.2, 0.25) is 0 Å². The van der Waals surface area contributed by atoms with Crippen molar-refractivity contribution in [1.29, 1.82) is 0 Å². The highest BCUT2D eigenvalue weighted by Crippen LogP contribution is 2.64. The largest absolute Gasteiger partial charge is 0.393 e. The summed E-state index contributed by atoms with van der Waals surface area (Å²) in [6.07, 6.45) is 10.8. The Morgan fingerprint density at radius 3 is 2.78 bits per heavy atom. The van der Waals surface area contributed by atoms with Crippen molar-refractivity contribution in [2.45, 2.75) is 58.2 Å². The maximum atomic E-state index is 11.8. The molecule has 0 aromatic rings. The molecular formula is C20H28O3. The number of ketones is 1. The van der Waals surface area contributed by atoms with Crippen molar-refractivity contribution >= 4 is 5.78 Å². The maximum absolute atomic E-state index is 11.8. The van der Waals surface area contributed by atoms with Crippen LogP contribution in [0.3, 0.4) is 0 Å². The number of carbonyl (C=O) groups is 1. The van der Waals surface area contributed by atoms with Gasteiger partial charge in [-0.1, -0.05) is 25.5 Å². The van der Waals surface area contributed by atoms with Gasteiger partial charge in [0.05, 0.1) is 12.2 Å². The second-order valence-corrected chi connectivity index (χ2v) is 8.60. The number of aliphatic hydroxyl groups excluding tert-OH is 1. The number of rotatable bonds is 1. The van der Waals surface area contributed by atoms with Gasteiger partial charge in [-0.3, -0.25) is 4.79 Å². The van der Waals surface area contributed by atoms with Gasteiger partial charge in [0.15, 0.2) is 5.78 Å². The first-order chi connectivity index (χ1) is 10.9. The number of ether oxygens (including phenoxy) is 1. The molecule has 0 spiro atoms. The van der Waals surface area contributed by atoms with E-state index in [0.717, 1.165) is 25.7 Å². The van der Waals surface area contributed by atoms with Crippen LogP contribution < -0.4 is 0 Å². The first kappa shape index (κ1) is 15.6. The van der Waals surface area contributed by atoms with Gasteiger partial charge in [-0.05, 0) is 61.5 Å². The molecule has 3 fully saturated rings. The Balaban J connectivity index is 1.73. The fourth-order valence-corrected chi connectivity index (χ4v) is 6.67. The molecule has 4 aliphatic carbocycles. The Bertz CT molecular complexity index is 592. The minimum atomic E-state index is -0.316. The SMILES string of the molecule is COC1CCC2C3CCC4=CC(=O)C=CC4(C)C3C(O)CC12C. The lowest BCUT2D eigenvalue weighted by atomic mass is 9.47. The molecule has 0 heterocycles. The fraction of sp³-hybridized carbons (Fsp3) is 0.750. The van der Waals surface area contributed by atoms with Crippen LogP contribution in [-0.2, 0) is 9.53 Å². The lowest BCUT2D eigenvalue weighted by Crippen LogP contribution is -2.56. The second-order valence-electron chi connectivity index (χ2n) is 8.60. The van der Waals surface area contributed by atoms with Crippen molar-refractivity contribution in [2.75, 3.05) is 7.11 Å². The fourth-order valence-electron chi connectivity index (χ4n) is 6.67. The summed E-state index contributed by atoms with van der Waals surface area (Å²) in [4.78, 5) is 11.8. The highest BCUT2D eigenvalue weighted by molar-refractivity contribution is 6.01. The van der Waals surface area contributed by atoms with Crippen LogP contribution in [0.15, 0.2) is 23.8 Å². The number of fused-ring (bicyclic) bond motifs is 5. The molecule has 0 amide bonds. The summed E-state index contributed by atoms with van der Waals surface area (Å²) in [5, 5.41) is 11.1. The summed E-state index contributed by atoms with van der Waals surface area (Å²) in [5.41, 5.74) is 1.18. The third kappa shape index (κ3) is 1.99. The molecule has 0 radical (unpaired) electrons. The van der Waals surface area contributed by atoms with E-state index < -0.39 is 0 Å². The number of allylic oxidation sites excluding steroid dienone is 4. The van der Waals surface area contributed by atoms with E-state index in [2.05, 4.69) is 19.9 Å². The van der Waals surface area contributed by atoms with Gasteiger partial charge < -0.3 is 9.84 Å². The van der Waals surface area contributed by atoms with E-state index >= 15 is 0 Å². The molecule has 7 unspecified atom stereocenters. The zero-order chi connectivity index (χ0) is 16.4. The Hall–Kier alpha value is -0.930. The van der Waals surface area contributed by atoms with E-state index in [4.69, 9.17) is 4.74 Å². The minimum absolute atomic E-state index is 0.0983. The molecule has 0 saturated heterocycles. The van der Waals surface area contributed by atoms with Gasteiger partial charge in [0.25, 0.3) is 0 Å². The molecule has 4 aliphatic rings. The third-order valence-electron chi connectivity index (χ3n) is 7.69. The van der Waals surface area contributed by atoms with Crippen molar-refractivity contribution in [3.8, 4) is 0 Å². The van der Waals surface area contributed by atoms with E-state index in [1.54, 1.807) is 6.08 Å². The number of aliphatic hydroxyl groups is 1. The Kier molecular flexibility index (Phi) is 3.41. The van der Waals surface area contributed by atoms with Crippen molar-refractivity contribution < 1.29 is 14.6 Å². The number of carbonyl (C=O) groups excluding carboxylic acids is 1. The normalized spacial score (nSPS) is 51.7. The average molecular weight is 316 g/mol. The summed E-state index contributed by atoms with van der Waals surface area (Å²) in [5.74, 6) is 1.50. The summed E-state index contributed by atoms with van der Waals surface area (Å²) in [6, 6.07) is 0. The van der Waals surface area contributed by atoms with Crippen LogP contribution in [0.2, 0.25) is 0 Å². The third-order valence-corrected chi connectivity index (χ3v) is 7.69. The van der Waals surface area contributed by atoms with E-state index in [-0.39, 0.29) is 34.7 Å². The maximum Gasteiger partial charge on any atom is 0.178 e. The lowest BCUT2D eigenvalue weighted by Gasteiger charge is -2.58. The van der Waals surface area contributed by atoms with Crippen molar-refractivity contribution in [3.05, 3.63) is 23.8 Å². The van der Waals surface area contributed by atoms with Gasteiger partial charge in [0.1, 0.15) is 0 Å². The molecule has 3 saturated carbocycles. The van der Waals surface area contributed by atoms with Crippen LogP contribution in [-0.4, -0.2) is 30.2 Å². The minimum Gasteiger partial charge on any atom is -0.393 e. The number of hydrogen-bond donors (Lipinski definition) is 1. The zero-order valence-electron chi connectivity index (χ0n) is 14.4. The summed E-state index contributed by atoms with van der Waals surface area (Å²) in [6.45, 7) is 4.55. The molecule has 0 bridgehead atoms. The predicted molar refractivity (Wildman–Crippen MR) is 88.8 cm³/mol. The molecule has 0 aromatic heterocycles. The topological polar surface area (TPSA) is 46.5 Å². The van der Waals surface area contributed by atoms with E-state index in [0.29, 0.717) is 11.8 Å². The zero-order valence-corrected chi connectivity index (χ0v) is 14.4. The Labute approximate surface area is 138 Å². The van der Waals surface area contributed by atoms with Gasteiger partial charge in [0, 0.05) is 18.4 Å². The van der Waals surface area contributed by atoms with Gasteiger partial charge in [-0.15, -0.1) is 0 Å².